The summed E-state index contributed by atoms with van der Waals surface area (Å²) in [5, 5.41) is 0. The molecule has 1 heterocycles. The van der Waals surface area contributed by atoms with Crippen LogP contribution >= 0.6 is 0 Å². The smallest absolute Gasteiger partial charge is 0.345 e. The Bertz CT molecular complexity index is 689. The largest absolute Gasteiger partial charge is 0.461 e. The number of carbonyl (C=O) groups is 4. The number of ether oxygens (including phenoxy) is 1. The summed E-state index contributed by atoms with van der Waals surface area (Å²) in [5.41, 5.74) is 0. The van der Waals surface area contributed by atoms with Crippen molar-refractivity contribution in [1.82, 2.24) is 0 Å². The van der Waals surface area contributed by atoms with Gasteiger partial charge in [-0.3, -0.25) is 19.2 Å². The van der Waals surface area contributed by atoms with Crippen LogP contribution < -0.4 is 0 Å². The maximum atomic E-state index is 11.3. The molecule has 0 spiro atoms. The monoisotopic (exact) mass is 518 g/mol. The fourth-order valence-corrected chi connectivity index (χ4v) is 2.35. The lowest BCUT2D eigenvalue weighted by molar-refractivity contribution is -0.152. The molecule has 1 rings (SSSR count). The van der Waals surface area contributed by atoms with Gasteiger partial charge in [0.25, 0.3) is 0 Å². The first-order chi connectivity index (χ1) is 16.4. The van der Waals surface area contributed by atoms with Gasteiger partial charge in [0, 0.05) is 35.5 Å². The Balaban J connectivity index is -0.000000406. The van der Waals surface area contributed by atoms with Gasteiger partial charge < -0.3 is 9.15 Å². The molecule has 1 aromatic heterocycles. The zero-order valence-electron chi connectivity index (χ0n) is 24.2. The maximum absolute atomic E-state index is 11.3. The van der Waals surface area contributed by atoms with Crippen LogP contribution in [0.4, 0.5) is 8.78 Å². The number of ketones is 4. The third-order valence-electron chi connectivity index (χ3n) is 4.56. The lowest BCUT2D eigenvalue weighted by Gasteiger charge is -2.05. The molecule has 0 saturated heterocycles. The molecule has 0 unspecified atom stereocenters. The predicted octanol–water partition coefficient (Wildman–Crippen LogP) is 7.30. The van der Waals surface area contributed by atoms with Crippen LogP contribution in [-0.4, -0.2) is 36.4 Å². The van der Waals surface area contributed by atoms with Crippen LogP contribution in [0.2, 0.25) is 0 Å². The molecule has 36 heavy (non-hydrogen) atoms. The minimum atomic E-state index is -2.84. The van der Waals surface area contributed by atoms with E-state index in [-0.39, 0.29) is 47.1 Å². The number of alkyl halides is 2. The summed E-state index contributed by atoms with van der Waals surface area (Å²) < 4.78 is 31.3. The minimum Gasteiger partial charge on any atom is -0.461 e. The zero-order valence-corrected chi connectivity index (χ0v) is 24.2. The topological polar surface area (TPSA) is 90.6 Å². The number of halogens is 2. The molecule has 6 nitrogen and oxygen atoms in total. The number of rotatable bonds is 10. The molecule has 8 heteroatoms. The average Bonchev–Trinajstić information content (AvgIpc) is 3.31. The fourth-order valence-electron chi connectivity index (χ4n) is 2.35. The standard InChI is InChI=1S/C8H10O2.2C7H14O.C6H10F2O2/c1-6(2)8(9)7-4-3-5-10-7;2*1-5(2)7(8)6(3)4;1-4(2)5(9)3-10-6(7)8/h3-6H,1-2H3;2*5-6H,1-4H3;4,6H,3H2,1-2H3. The molecule has 0 aliphatic rings. The molecular weight excluding hydrogens is 470 g/mol. The SMILES string of the molecule is CC(C)C(=O)C(C)C.CC(C)C(=O)C(C)C.CC(C)C(=O)COC(F)F.CC(C)C(=O)c1ccco1. The highest BCUT2D eigenvalue weighted by Crippen LogP contribution is 2.08. The molecule has 0 fully saturated rings. The van der Waals surface area contributed by atoms with Gasteiger partial charge in [0.05, 0.1) is 6.26 Å². The number of Topliss-reactive ketones (excluding diaryl/α,β-unsaturated/α-hetero) is 4. The van der Waals surface area contributed by atoms with Crippen molar-refractivity contribution in [3.05, 3.63) is 24.2 Å². The van der Waals surface area contributed by atoms with Gasteiger partial charge in [-0.25, -0.2) is 0 Å². The summed E-state index contributed by atoms with van der Waals surface area (Å²) in [6.45, 7) is 19.1. The van der Waals surface area contributed by atoms with E-state index in [0.717, 1.165) is 0 Å². The van der Waals surface area contributed by atoms with Gasteiger partial charge in [-0.2, -0.15) is 8.78 Å². The molecule has 1 aromatic rings. The van der Waals surface area contributed by atoms with E-state index >= 15 is 0 Å². The molecule has 0 radical (unpaired) electrons. The van der Waals surface area contributed by atoms with Crippen LogP contribution in [0.15, 0.2) is 22.8 Å². The molecule has 210 valence electrons. The summed E-state index contributed by atoms with van der Waals surface area (Å²) >= 11 is 0. The van der Waals surface area contributed by atoms with Crippen LogP contribution in [0.1, 0.15) is 93.6 Å². The summed E-state index contributed by atoms with van der Waals surface area (Å²) in [7, 11) is 0. The number of carbonyl (C=O) groups excluding carboxylic acids is 4. The van der Waals surface area contributed by atoms with E-state index in [4.69, 9.17) is 4.42 Å². The van der Waals surface area contributed by atoms with E-state index in [0.29, 0.717) is 17.3 Å². The zero-order chi connectivity index (χ0) is 29.2. The molecule has 0 aliphatic heterocycles. The lowest BCUT2D eigenvalue weighted by Crippen LogP contribution is -2.16. The molecule has 0 bridgehead atoms. The molecular formula is C28H48F2O6. The number of furan rings is 1. The second-order valence-corrected chi connectivity index (χ2v) is 10.1. The quantitative estimate of drug-likeness (QED) is 0.302. The van der Waals surface area contributed by atoms with Gasteiger partial charge >= 0.3 is 6.61 Å². The molecule has 0 saturated carbocycles. The van der Waals surface area contributed by atoms with Crippen molar-refractivity contribution in [3.63, 3.8) is 0 Å². The highest BCUT2D eigenvalue weighted by Gasteiger charge is 2.12. The first-order valence-electron chi connectivity index (χ1n) is 12.4. The maximum Gasteiger partial charge on any atom is 0.345 e. The van der Waals surface area contributed by atoms with Crippen molar-refractivity contribution in [2.45, 2.75) is 89.7 Å². The van der Waals surface area contributed by atoms with Crippen LogP contribution in [-0.2, 0) is 19.1 Å². The van der Waals surface area contributed by atoms with Gasteiger partial charge in [0.2, 0.25) is 0 Å². The van der Waals surface area contributed by atoms with E-state index in [2.05, 4.69) is 4.74 Å². The average molecular weight is 519 g/mol. The molecule has 0 aromatic carbocycles. The van der Waals surface area contributed by atoms with Gasteiger partial charge in [0.1, 0.15) is 18.2 Å². The van der Waals surface area contributed by atoms with Crippen molar-refractivity contribution in [2.75, 3.05) is 6.61 Å². The van der Waals surface area contributed by atoms with Crippen LogP contribution in [0, 0.1) is 35.5 Å². The van der Waals surface area contributed by atoms with Gasteiger partial charge in [0.15, 0.2) is 17.3 Å². The molecule has 0 aliphatic carbocycles. The minimum absolute atomic E-state index is 0.0196. The third-order valence-corrected chi connectivity index (χ3v) is 4.56. The Morgan fingerprint density at radius 1 is 0.694 bits per heavy atom. The fraction of sp³-hybridized carbons (Fsp3) is 0.714. The molecule has 0 atom stereocenters. The van der Waals surface area contributed by atoms with Gasteiger partial charge in [-0.05, 0) is 12.1 Å². The van der Waals surface area contributed by atoms with E-state index in [1.54, 1.807) is 26.0 Å². The normalized spacial score (nSPS) is 10.7. The van der Waals surface area contributed by atoms with Crippen LogP contribution in [0.25, 0.3) is 0 Å². The van der Waals surface area contributed by atoms with E-state index in [1.165, 1.54) is 6.26 Å². The van der Waals surface area contributed by atoms with Gasteiger partial charge in [-0.1, -0.05) is 83.1 Å². The first kappa shape index (κ1) is 38.3. The Kier molecular flexibility index (Phi) is 22.3. The summed E-state index contributed by atoms with van der Waals surface area (Å²) in [6, 6.07) is 3.40. The Morgan fingerprint density at radius 2 is 1.08 bits per heavy atom. The highest BCUT2D eigenvalue weighted by atomic mass is 19.3. The van der Waals surface area contributed by atoms with Crippen molar-refractivity contribution < 1.29 is 37.1 Å². The van der Waals surface area contributed by atoms with Crippen molar-refractivity contribution in [1.29, 1.82) is 0 Å². The molecule has 0 amide bonds. The number of hydrogen-bond donors (Lipinski definition) is 0. The second-order valence-electron chi connectivity index (χ2n) is 10.1. The highest BCUT2D eigenvalue weighted by molar-refractivity contribution is 5.94. The molecule has 0 N–H and O–H groups in total. The summed E-state index contributed by atoms with van der Waals surface area (Å²) in [5.74, 6) is 1.51. The summed E-state index contributed by atoms with van der Waals surface area (Å²) in [6.07, 6.45) is 1.51. The first-order valence-corrected chi connectivity index (χ1v) is 12.4. The van der Waals surface area contributed by atoms with Crippen LogP contribution in [0.5, 0.6) is 0 Å². The van der Waals surface area contributed by atoms with Gasteiger partial charge in [-0.15, -0.1) is 0 Å². The lowest BCUT2D eigenvalue weighted by atomic mass is 9.99. The van der Waals surface area contributed by atoms with Crippen molar-refractivity contribution in [3.8, 4) is 0 Å². The third kappa shape index (κ3) is 21.1. The Hall–Kier alpha value is -2.22. The van der Waals surface area contributed by atoms with Crippen molar-refractivity contribution >= 4 is 23.1 Å². The van der Waals surface area contributed by atoms with E-state index in [9.17, 15) is 28.0 Å². The van der Waals surface area contributed by atoms with Crippen LogP contribution in [0.3, 0.4) is 0 Å². The summed E-state index contributed by atoms with van der Waals surface area (Å²) in [4.78, 5) is 43.4. The van der Waals surface area contributed by atoms with E-state index < -0.39 is 13.2 Å². The van der Waals surface area contributed by atoms with Crippen molar-refractivity contribution in [2.24, 2.45) is 35.5 Å². The Labute approximate surface area is 216 Å². The number of hydrogen-bond acceptors (Lipinski definition) is 6. The Morgan fingerprint density at radius 3 is 1.28 bits per heavy atom. The second kappa shape index (κ2) is 20.9. The van der Waals surface area contributed by atoms with E-state index in [1.807, 2.05) is 69.2 Å². The predicted molar refractivity (Wildman–Crippen MR) is 139 cm³/mol.